The summed E-state index contributed by atoms with van der Waals surface area (Å²) in [7, 11) is 2.03. The Morgan fingerprint density at radius 3 is 2.52 bits per heavy atom. The first-order valence-corrected chi connectivity index (χ1v) is 11.7. The molecule has 0 spiro atoms. The van der Waals surface area contributed by atoms with E-state index in [0.717, 1.165) is 45.2 Å². The molecule has 1 aromatic carbocycles. The highest BCUT2D eigenvalue weighted by Crippen LogP contribution is 2.43. The number of benzene rings is 1. The predicted octanol–water partition coefficient (Wildman–Crippen LogP) is 5.12. The summed E-state index contributed by atoms with van der Waals surface area (Å²) < 4.78 is 17.5. The van der Waals surface area contributed by atoms with Crippen LogP contribution in [0.3, 0.4) is 0 Å². The summed E-state index contributed by atoms with van der Waals surface area (Å²) in [6, 6.07) is 1.29. The second-order valence-corrected chi connectivity index (χ2v) is 9.19. The van der Waals surface area contributed by atoms with Gasteiger partial charge in [-0.15, -0.1) is 12.4 Å². The van der Waals surface area contributed by atoms with Crippen LogP contribution in [0.2, 0.25) is 0 Å². The van der Waals surface area contributed by atoms with E-state index in [1.165, 1.54) is 12.3 Å². The third-order valence-corrected chi connectivity index (χ3v) is 6.70. The molecule has 0 unspecified atom stereocenters. The summed E-state index contributed by atoms with van der Waals surface area (Å²) in [5.41, 5.74) is 0.430. The summed E-state index contributed by atoms with van der Waals surface area (Å²) in [6.45, 7) is 4.97. The van der Waals surface area contributed by atoms with Crippen LogP contribution >= 0.6 is 24.0 Å². The van der Waals surface area contributed by atoms with Crippen LogP contribution in [0.15, 0.2) is 23.1 Å². The van der Waals surface area contributed by atoms with Crippen LogP contribution in [0.4, 0.5) is 10.1 Å². The minimum absolute atomic E-state index is 0. The fraction of sp³-hybridized carbons (Fsp3) is 0.500. The van der Waals surface area contributed by atoms with Crippen LogP contribution in [0.1, 0.15) is 61.0 Å². The zero-order valence-corrected chi connectivity index (χ0v) is 20.5. The van der Waals surface area contributed by atoms with Crippen molar-refractivity contribution < 1.29 is 14.3 Å². The molecule has 2 fully saturated rings. The maximum atomic E-state index is 15.6. The minimum atomic E-state index is -1.30. The van der Waals surface area contributed by atoms with Crippen LogP contribution in [-0.4, -0.2) is 53.8 Å². The number of rotatable bonds is 7. The quantitative estimate of drug-likeness (QED) is 0.537. The van der Waals surface area contributed by atoms with Gasteiger partial charge < -0.3 is 19.5 Å². The maximum absolute atomic E-state index is 15.6. The maximum Gasteiger partial charge on any atom is 0.341 e. The number of nitrogens with zero attached hydrogens (tertiary/aromatic N) is 3. The van der Waals surface area contributed by atoms with E-state index in [4.69, 9.17) is 11.6 Å². The highest BCUT2D eigenvalue weighted by molar-refractivity contribution is 6.50. The highest BCUT2D eigenvalue weighted by Gasteiger charge is 2.32. The average Bonchev–Trinajstić information content (AvgIpc) is 3.59. The molecule has 180 valence electrons. The number of anilines is 1. The molecule has 1 saturated carbocycles. The second-order valence-electron chi connectivity index (χ2n) is 8.78. The number of fused-ring (bicyclic) bond motifs is 1. The van der Waals surface area contributed by atoms with E-state index in [9.17, 15) is 14.7 Å². The van der Waals surface area contributed by atoms with E-state index in [1.807, 2.05) is 22.6 Å². The Kier molecular flexibility index (Phi) is 8.08. The summed E-state index contributed by atoms with van der Waals surface area (Å²) in [4.78, 5) is 28.9. The zero-order valence-electron chi connectivity index (χ0n) is 18.9. The predicted molar refractivity (Wildman–Crippen MR) is 134 cm³/mol. The van der Waals surface area contributed by atoms with Crippen molar-refractivity contribution in [1.82, 2.24) is 9.47 Å². The van der Waals surface area contributed by atoms with Gasteiger partial charge in [0, 0.05) is 49.0 Å². The molecule has 2 aromatic rings. The van der Waals surface area contributed by atoms with Crippen molar-refractivity contribution in [3.63, 3.8) is 0 Å². The topological polar surface area (TPSA) is 65.8 Å². The molecule has 33 heavy (non-hydrogen) atoms. The average molecular weight is 498 g/mol. The Morgan fingerprint density at radius 1 is 1.27 bits per heavy atom. The molecule has 1 aromatic heterocycles. The number of pyridine rings is 1. The molecule has 1 aliphatic heterocycles. The van der Waals surface area contributed by atoms with Gasteiger partial charge in [0.25, 0.3) is 0 Å². The molecule has 0 bridgehead atoms. The SMILES string of the molecule is CCCCC=C(Cl)c1c(N2CCN(C)CC2)c(F)cc2c(=O)c(C(=O)O)cn(C3CC3)c12.Cl. The van der Waals surface area contributed by atoms with Crippen LogP contribution < -0.4 is 10.3 Å². The lowest BCUT2D eigenvalue weighted by molar-refractivity contribution is 0.0695. The molecule has 4 rings (SSSR count). The van der Waals surface area contributed by atoms with Gasteiger partial charge in [0.05, 0.1) is 16.6 Å². The lowest BCUT2D eigenvalue weighted by Gasteiger charge is -2.36. The molecular weight excluding hydrogens is 468 g/mol. The van der Waals surface area contributed by atoms with Crippen molar-refractivity contribution in [2.45, 2.75) is 45.1 Å². The first-order valence-electron chi connectivity index (χ1n) is 11.3. The van der Waals surface area contributed by atoms with Crippen LogP contribution in [0, 0.1) is 5.82 Å². The molecule has 1 saturated heterocycles. The minimum Gasteiger partial charge on any atom is -0.477 e. The zero-order chi connectivity index (χ0) is 23.0. The fourth-order valence-corrected chi connectivity index (χ4v) is 4.66. The monoisotopic (exact) mass is 497 g/mol. The number of unbranched alkanes of at least 4 members (excludes halogenated alkanes) is 2. The molecule has 1 N–H and O–H groups in total. The van der Waals surface area contributed by atoms with Gasteiger partial charge in [0.2, 0.25) is 5.43 Å². The Bertz CT molecular complexity index is 1140. The summed E-state index contributed by atoms with van der Waals surface area (Å²) >= 11 is 6.82. The van der Waals surface area contributed by atoms with E-state index in [0.29, 0.717) is 34.9 Å². The smallest absolute Gasteiger partial charge is 0.341 e. The standard InChI is InChI=1S/C24H29ClFN3O3.ClH/c1-3-4-5-6-18(25)20-21-16(13-19(26)22(20)28-11-9-27(2)10-12-28)23(30)17(24(31)32)14-29(21)15-7-8-15;/h6,13-15H,3-5,7-12H2,1-2H3,(H,31,32);1H. The first-order chi connectivity index (χ1) is 15.3. The van der Waals surface area contributed by atoms with Gasteiger partial charge in [-0.3, -0.25) is 4.79 Å². The number of hydrogen-bond acceptors (Lipinski definition) is 4. The van der Waals surface area contributed by atoms with Gasteiger partial charge in [-0.1, -0.05) is 37.4 Å². The van der Waals surface area contributed by atoms with Gasteiger partial charge in [0.15, 0.2) is 0 Å². The summed E-state index contributed by atoms with van der Waals surface area (Å²) in [5.74, 6) is -1.85. The Morgan fingerprint density at radius 2 is 1.94 bits per heavy atom. The number of aromatic nitrogens is 1. The number of carbonyl (C=O) groups is 1. The molecular formula is C24H30Cl2FN3O3. The van der Waals surface area contributed by atoms with E-state index in [2.05, 4.69) is 11.8 Å². The Balaban J connectivity index is 0.00000306. The van der Waals surface area contributed by atoms with Crippen LogP contribution in [-0.2, 0) is 0 Å². The van der Waals surface area contributed by atoms with Crippen molar-refractivity contribution >= 4 is 51.6 Å². The van der Waals surface area contributed by atoms with Gasteiger partial charge in [-0.05, 0) is 32.4 Å². The molecule has 0 amide bonds. The third kappa shape index (κ3) is 5.05. The van der Waals surface area contributed by atoms with Crippen molar-refractivity contribution in [2.75, 3.05) is 38.1 Å². The van der Waals surface area contributed by atoms with Gasteiger partial charge >= 0.3 is 5.97 Å². The van der Waals surface area contributed by atoms with Gasteiger partial charge in [-0.25, -0.2) is 9.18 Å². The largest absolute Gasteiger partial charge is 0.477 e. The first kappa shape index (κ1) is 25.5. The van der Waals surface area contributed by atoms with Crippen LogP contribution in [0.25, 0.3) is 15.9 Å². The lowest BCUT2D eigenvalue weighted by Crippen LogP contribution is -2.45. The van der Waals surface area contributed by atoms with Gasteiger partial charge in [0.1, 0.15) is 11.4 Å². The normalized spacial score (nSPS) is 17.3. The molecule has 9 heteroatoms. The Labute approximate surface area is 204 Å². The van der Waals surface area contributed by atoms with Crippen molar-refractivity contribution in [3.8, 4) is 0 Å². The van der Waals surface area contributed by atoms with Crippen molar-refractivity contribution in [3.05, 3.63) is 45.5 Å². The third-order valence-electron chi connectivity index (χ3n) is 6.35. The number of hydrogen-bond donors (Lipinski definition) is 1. The lowest BCUT2D eigenvalue weighted by atomic mass is 10.0. The summed E-state index contributed by atoms with van der Waals surface area (Å²) in [6.07, 6.45) is 7.78. The van der Waals surface area contributed by atoms with Crippen LogP contribution in [0.5, 0.6) is 0 Å². The molecule has 1 aliphatic carbocycles. The molecule has 0 atom stereocenters. The molecule has 2 aliphatic rings. The van der Waals surface area contributed by atoms with E-state index in [-0.39, 0.29) is 29.4 Å². The van der Waals surface area contributed by atoms with Crippen molar-refractivity contribution in [2.24, 2.45) is 0 Å². The molecule has 2 heterocycles. The number of halogens is 3. The number of allylic oxidation sites excluding steroid dienone is 1. The molecule has 6 nitrogen and oxygen atoms in total. The Hall–Kier alpha value is -2.09. The fourth-order valence-electron chi connectivity index (χ4n) is 4.37. The second kappa shape index (κ2) is 10.5. The number of likely N-dealkylation sites (N-methyl/N-ethyl adjacent to an activating group) is 1. The van der Waals surface area contributed by atoms with E-state index in [1.54, 1.807) is 0 Å². The summed E-state index contributed by atoms with van der Waals surface area (Å²) in [5, 5.41) is 10.1. The van der Waals surface area contributed by atoms with Crippen molar-refractivity contribution in [1.29, 1.82) is 0 Å². The number of piperazine rings is 1. The number of aromatic carboxylic acids is 1. The number of carboxylic acid groups (broad SMARTS) is 1. The van der Waals surface area contributed by atoms with E-state index >= 15 is 4.39 Å². The molecule has 0 radical (unpaired) electrons. The highest BCUT2D eigenvalue weighted by atomic mass is 35.5. The number of carboxylic acids is 1. The van der Waals surface area contributed by atoms with Gasteiger partial charge in [-0.2, -0.15) is 0 Å². The van der Waals surface area contributed by atoms with E-state index < -0.39 is 17.2 Å².